The van der Waals surface area contributed by atoms with Crippen LogP contribution in [-0.2, 0) is 13.0 Å². The quantitative estimate of drug-likeness (QED) is 0.680. The third-order valence-corrected chi connectivity index (χ3v) is 4.29. The lowest BCUT2D eigenvalue weighted by molar-refractivity contribution is 0.305. The lowest BCUT2D eigenvalue weighted by Crippen LogP contribution is -2.15. The monoisotopic (exact) mass is 335 g/mol. The Labute approximate surface area is 148 Å². The Kier molecular flexibility index (Phi) is 5.81. The lowest BCUT2D eigenvalue weighted by atomic mass is 9.92. The molecule has 128 valence electrons. The van der Waals surface area contributed by atoms with Crippen molar-refractivity contribution in [3.63, 3.8) is 0 Å². The zero-order chi connectivity index (χ0) is 17.5. The maximum Gasteiger partial charge on any atom is 0.126 e. The number of hydrogen-bond acceptors (Lipinski definition) is 2. The molecule has 3 aromatic rings. The molecule has 1 atom stereocenters. The smallest absolute Gasteiger partial charge is 0.126 e. The second-order valence-corrected chi connectivity index (χ2v) is 6.07. The number of benzene rings is 3. The van der Waals surface area contributed by atoms with E-state index in [0.717, 1.165) is 16.9 Å². The summed E-state index contributed by atoms with van der Waals surface area (Å²) in [6.07, 6.45) is 0.575. The highest BCUT2D eigenvalue weighted by Gasteiger charge is 2.14. The topological polar surface area (TPSA) is 35.2 Å². The van der Waals surface area contributed by atoms with Gasteiger partial charge >= 0.3 is 0 Å². The predicted octanol–water partition coefficient (Wildman–Crippen LogP) is 4.69. The molecule has 0 fully saturated rings. The van der Waals surface area contributed by atoms with Gasteiger partial charge in [-0.15, -0.1) is 0 Å². The Morgan fingerprint density at radius 1 is 0.880 bits per heavy atom. The van der Waals surface area contributed by atoms with Crippen molar-refractivity contribution in [2.75, 3.05) is 6.54 Å². The Morgan fingerprint density at radius 2 is 1.64 bits per heavy atom. The van der Waals surface area contributed by atoms with Crippen molar-refractivity contribution >= 4 is 0 Å². The molecular weight excluding hydrogens is 313 g/mol. The van der Waals surface area contributed by atoms with Gasteiger partial charge in [0.1, 0.15) is 18.2 Å². The standard InChI is InChI=1S/C22H22FNO/c23-22-12-5-4-9-19(22)13-20(15-24)18-10-6-11-21(14-18)25-16-17-7-2-1-3-8-17/h1-12,14,20H,13,15-16,24H2. The molecule has 25 heavy (non-hydrogen) atoms. The summed E-state index contributed by atoms with van der Waals surface area (Å²) in [5.74, 6) is 0.669. The minimum absolute atomic E-state index is 0.0529. The molecule has 0 aliphatic heterocycles. The predicted molar refractivity (Wildman–Crippen MR) is 99.1 cm³/mol. The summed E-state index contributed by atoms with van der Waals surface area (Å²) in [7, 11) is 0. The number of halogens is 1. The molecule has 2 N–H and O–H groups in total. The Balaban J connectivity index is 1.71. The molecule has 3 rings (SSSR count). The average Bonchev–Trinajstić information content (AvgIpc) is 2.67. The van der Waals surface area contributed by atoms with E-state index in [1.807, 2.05) is 66.7 Å². The van der Waals surface area contributed by atoms with E-state index in [1.165, 1.54) is 6.07 Å². The first kappa shape index (κ1) is 17.2. The molecule has 0 saturated carbocycles. The van der Waals surface area contributed by atoms with Gasteiger partial charge in [-0.3, -0.25) is 0 Å². The van der Waals surface area contributed by atoms with Gasteiger partial charge in [0.25, 0.3) is 0 Å². The molecule has 3 aromatic carbocycles. The van der Waals surface area contributed by atoms with E-state index in [9.17, 15) is 4.39 Å². The summed E-state index contributed by atoms with van der Waals surface area (Å²) in [6, 6.07) is 24.8. The lowest BCUT2D eigenvalue weighted by Gasteiger charge is -2.17. The Morgan fingerprint density at radius 3 is 2.40 bits per heavy atom. The fourth-order valence-corrected chi connectivity index (χ4v) is 2.87. The van der Waals surface area contributed by atoms with Gasteiger partial charge in [0.2, 0.25) is 0 Å². The van der Waals surface area contributed by atoms with Gasteiger partial charge in [-0.05, 0) is 47.9 Å². The van der Waals surface area contributed by atoms with E-state index in [0.29, 0.717) is 25.1 Å². The molecule has 0 saturated heterocycles. The maximum atomic E-state index is 13.9. The largest absolute Gasteiger partial charge is 0.489 e. The van der Waals surface area contributed by atoms with Crippen LogP contribution in [0, 0.1) is 5.82 Å². The number of hydrogen-bond donors (Lipinski definition) is 1. The zero-order valence-corrected chi connectivity index (χ0v) is 14.1. The van der Waals surface area contributed by atoms with Crippen LogP contribution in [0.4, 0.5) is 4.39 Å². The third-order valence-electron chi connectivity index (χ3n) is 4.29. The molecule has 0 aromatic heterocycles. The summed E-state index contributed by atoms with van der Waals surface area (Å²) in [4.78, 5) is 0. The van der Waals surface area contributed by atoms with Crippen LogP contribution >= 0.6 is 0 Å². The van der Waals surface area contributed by atoms with Gasteiger partial charge in [0, 0.05) is 5.92 Å². The molecule has 2 nitrogen and oxygen atoms in total. The summed E-state index contributed by atoms with van der Waals surface area (Å²) in [6.45, 7) is 0.974. The SMILES string of the molecule is NCC(Cc1ccccc1F)c1cccc(OCc2ccccc2)c1. The van der Waals surface area contributed by atoms with Crippen LogP contribution in [0.5, 0.6) is 5.75 Å². The van der Waals surface area contributed by atoms with Crippen molar-refractivity contribution in [3.8, 4) is 5.75 Å². The van der Waals surface area contributed by atoms with Gasteiger partial charge in [0.05, 0.1) is 0 Å². The minimum Gasteiger partial charge on any atom is -0.489 e. The molecular formula is C22H22FNO. The highest BCUT2D eigenvalue weighted by molar-refractivity contribution is 5.33. The molecule has 0 radical (unpaired) electrons. The molecule has 0 aliphatic carbocycles. The van der Waals surface area contributed by atoms with E-state index >= 15 is 0 Å². The minimum atomic E-state index is -0.183. The Bertz CT molecular complexity index is 804. The van der Waals surface area contributed by atoms with Crippen molar-refractivity contribution < 1.29 is 9.13 Å². The van der Waals surface area contributed by atoms with E-state index in [1.54, 1.807) is 6.07 Å². The van der Waals surface area contributed by atoms with Crippen LogP contribution in [0.3, 0.4) is 0 Å². The Hall–Kier alpha value is -2.65. The van der Waals surface area contributed by atoms with Gasteiger partial charge in [-0.25, -0.2) is 4.39 Å². The van der Waals surface area contributed by atoms with Crippen molar-refractivity contribution in [1.29, 1.82) is 0 Å². The first-order chi connectivity index (χ1) is 12.3. The van der Waals surface area contributed by atoms with Crippen LogP contribution in [0.2, 0.25) is 0 Å². The van der Waals surface area contributed by atoms with Crippen LogP contribution in [0.1, 0.15) is 22.6 Å². The van der Waals surface area contributed by atoms with Gasteiger partial charge in [0.15, 0.2) is 0 Å². The van der Waals surface area contributed by atoms with Crippen molar-refractivity contribution in [3.05, 3.63) is 101 Å². The summed E-state index contributed by atoms with van der Waals surface area (Å²) < 4.78 is 19.8. The van der Waals surface area contributed by atoms with Gasteiger partial charge < -0.3 is 10.5 Å². The molecule has 1 unspecified atom stereocenters. The first-order valence-corrected chi connectivity index (χ1v) is 8.46. The fraction of sp³-hybridized carbons (Fsp3) is 0.182. The number of rotatable bonds is 7. The van der Waals surface area contributed by atoms with Gasteiger partial charge in [-0.1, -0.05) is 60.7 Å². The van der Waals surface area contributed by atoms with E-state index in [4.69, 9.17) is 10.5 Å². The third kappa shape index (κ3) is 4.68. The van der Waals surface area contributed by atoms with Crippen LogP contribution in [0.25, 0.3) is 0 Å². The molecule has 0 heterocycles. The normalized spacial score (nSPS) is 11.9. The maximum absolute atomic E-state index is 13.9. The van der Waals surface area contributed by atoms with Crippen LogP contribution < -0.4 is 10.5 Å². The number of ether oxygens (including phenoxy) is 1. The van der Waals surface area contributed by atoms with Crippen molar-refractivity contribution in [2.24, 2.45) is 5.73 Å². The molecule has 0 amide bonds. The fourth-order valence-electron chi connectivity index (χ4n) is 2.87. The van der Waals surface area contributed by atoms with Crippen LogP contribution in [0.15, 0.2) is 78.9 Å². The molecule has 0 aliphatic rings. The van der Waals surface area contributed by atoms with Crippen LogP contribution in [-0.4, -0.2) is 6.54 Å². The highest BCUT2D eigenvalue weighted by Crippen LogP contribution is 2.25. The van der Waals surface area contributed by atoms with Crippen molar-refractivity contribution in [2.45, 2.75) is 18.9 Å². The van der Waals surface area contributed by atoms with E-state index in [2.05, 4.69) is 0 Å². The van der Waals surface area contributed by atoms with E-state index in [-0.39, 0.29) is 11.7 Å². The molecule has 3 heteroatoms. The zero-order valence-electron chi connectivity index (χ0n) is 14.1. The molecule has 0 bridgehead atoms. The molecule has 0 spiro atoms. The average molecular weight is 335 g/mol. The van der Waals surface area contributed by atoms with Crippen molar-refractivity contribution in [1.82, 2.24) is 0 Å². The van der Waals surface area contributed by atoms with E-state index < -0.39 is 0 Å². The summed E-state index contributed by atoms with van der Waals surface area (Å²) in [5, 5.41) is 0. The highest BCUT2D eigenvalue weighted by atomic mass is 19.1. The number of nitrogens with two attached hydrogens (primary N) is 1. The summed E-state index contributed by atoms with van der Waals surface area (Å²) in [5.41, 5.74) is 8.83. The second kappa shape index (κ2) is 8.45. The first-order valence-electron chi connectivity index (χ1n) is 8.46. The second-order valence-electron chi connectivity index (χ2n) is 6.07. The van der Waals surface area contributed by atoms with Gasteiger partial charge in [-0.2, -0.15) is 0 Å². The summed E-state index contributed by atoms with van der Waals surface area (Å²) >= 11 is 0.